The fourth-order valence-corrected chi connectivity index (χ4v) is 3.39. The summed E-state index contributed by atoms with van der Waals surface area (Å²) in [5.41, 5.74) is 0.0497. The van der Waals surface area contributed by atoms with Crippen LogP contribution in [0.1, 0.15) is 53.9 Å². The average Bonchev–Trinajstić information content (AvgIpc) is 2.84. The predicted molar refractivity (Wildman–Crippen MR) is 114 cm³/mol. The van der Waals surface area contributed by atoms with E-state index in [1.165, 1.54) is 37.8 Å². The number of aromatic nitrogens is 1. The zero-order valence-electron chi connectivity index (χ0n) is 17.6. The molecule has 1 saturated heterocycles. The number of pyridine rings is 1. The van der Waals surface area contributed by atoms with Crippen molar-refractivity contribution in [2.75, 3.05) is 25.5 Å². The van der Waals surface area contributed by atoms with Crippen molar-refractivity contribution >= 4 is 24.2 Å². The number of nitrogens with zero attached hydrogens (tertiary/aromatic N) is 2. The van der Waals surface area contributed by atoms with Crippen LogP contribution in [0.2, 0.25) is 0 Å². The first-order valence-electron chi connectivity index (χ1n) is 9.48. The van der Waals surface area contributed by atoms with Crippen LogP contribution in [-0.2, 0) is 9.53 Å². The van der Waals surface area contributed by atoms with Gasteiger partial charge in [0.1, 0.15) is 16.4 Å². The second-order valence-electron chi connectivity index (χ2n) is 8.64. The first-order valence-corrected chi connectivity index (χ1v) is 10.4. The van der Waals surface area contributed by atoms with Crippen LogP contribution in [0.3, 0.4) is 0 Å². The normalized spacial score (nSPS) is 19.1. The second kappa shape index (κ2) is 10.9. The van der Waals surface area contributed by atoms with Gasteiger partial charge >= 0.3 is 0 Å². The third-order valence-electron chi connectivity index (χ3n) is 4.69. The number of rotatable bonds is 7. The number of nitrogens with one attached hydrogen (secondary N) is 1. The molecule has 1 aromatic heterocycles. The first-order chi connectivity index (χ1) is 12.6. The molecule has 1 fully saturated rings. The van der Waals surface area contributed by atoms with E-state index in [4.69, 9.17) is 5.14 Å². The van der Waals surface area contributed by atoms with Gasteiger partial charge in [0.25, 0.3) is 6.47 Å². The van der Waals surface area contributed by atoms with E-state index in [1.54, 1.807) is 0 Å². The Morgan fingerprint density at radius 2 is 2.15 bits per heavy atom. The molecule has 0 amide bonds. The van der Waals surface area contributed by atoms with E-state index >= 15 is 0 Å². The summed E-state index contributed by atoms with van der Waals surface area (Å²) in [4.78, 5) is 16.5. The summed E-state index contributed by atoms with van der Waals surface area (Å²) >= 11 is 1.19. The van der Waals surface area contributed by atoms with Gasteiger partial charge in [-0.2, -0.15) is 0 Å². The fourth-order valence-electron chi connectivity index (χ4n) is 3.09. The Morgan fingerprint density at radius 1 is 1.44 bits per heavy atom. The monoisotopic (exact) mass is 396 g/mol. The highest BCUT2D eigenvalue weighted by molar-refractivity contribution is 7.97. The summed E-state index contributed by atoms with van der Waals surface area (Å²) in [7, 11) is 2.23. The van der Waals surface area contributed by atoms with E-state index in [0.717, 1.165) is 23.3 Å². The topological polar surface area (TPSA) is 80.5 Å². The smallest absolute Gasteiger partial charge is 0.293 e. The van der Waals surface area contributed by atoms with Crippen molar-refractivity contribution in [1.82, 2.24) is 9.88 Å². The molecule has 0 aliphatic carbocycles. The lowest BCUT2D eigenvalue weighted by atomic mass is 9.93. The highest BCUT2D eigenvalue weighted by Gasteiger charge is 2.35. The summed E-state index contributed by atoms with van der Waals surface area (Å²) in [5.74, 6) is 1.75. The largest absolute Gasteiger partial charge is 0.462 e. The van der Waals surface area contributed by atoms with Crippen LogP contribution in [-0.4, -0.2) is 47.6 Å². The number of carbonyl (C=O) groups is 1. The van der Waals surface area contributed by atoms with Gasteiger partial charge in [-0.05, 0) is 90.9 Å². The van der Waals surface area contributed by atoms with Crippen LogP contribution >= 0.6 is 11.9 Å². The van der Waals surface area contributed by atoms with Crippen LogP contribution in [0.4, 0.5) is 5.82 Å². The molecular formula is C20H36N4O2S. The van der Waals surface area contributed by atoms with Gasteiger partial charge in [-0.1, -0.05) is 6.07 Å². The molecule has 0 saturated carbocycles. The maximum Gasteiger partial charge on any atom is 0.293 e. The van der Waals surface area contributed by atoms with Gasteiger partial charge < -0.3 is 15.0 Å². The molecule has 27 heavy (non-hydrogen) atoms. The molecule has 0 aromatic carbocycles. The highest BCUT2D eigenvalue weighted by atomic mass is 32.2. The average molecular weight is 397 g/mol. The molecule has 0 spiro atoms. The Kier molecular flexibility index (Phi) is 9.56. The summed E-state index contributed by atoms with van der Waals surface area (Å²) in [6.07, 6.45) is 3.78. The number of hydrogen-bond acceptors (Lipinski definition) is 7. The highest BCUT2D eigenvalue weighted by Crippen LogP contribution is 2.33. The van der Waals surface area contributed by atoms with E-state index in [0.29, 0.717) is 12.0 Å². The zero-order chi connectivity index (χ0) is 20.5. The van der Waals surface area contributed by atoms with Gasteiger partial charge in [-0.15, -0.1) is 0 Å². The number of hydrogen-bond donors (Lipinski definition) is 2. The van der Waals surface area contributed by atoms with Crippen molar-refractivity contribution in [3.8, 4) is 0 Å². The van der Waals surface area contributed by atoms with Gasteiger partial charge in [-0.3, -0.25) is 9.93 Å². The maximum atomic E-state index is 9.60. The molecule has 1 unspecified atom stereocenters. The summed E-state index contributed by atoms with van der Waals surface area (Å²) in [6, 6.07) is 5.90. The Labute approximate surface area is 168 Å². The Hall–Kier alpha value is -1.31. The molecule has 1 aliphatic rings. The summed E-state index contributed by atoms with van der Waals surface area (Å²) in [5, 5.41) is 9.75. The van der Waals surface area contributed by atoms with Gasteiger partial charge in [0.15, 0.2) is 0 Å². The Balaban J connectivity index is 0.000000445. The van der Waals surface area contributed by atoms with Gasteiger partial charge in [-0.25, -0.2) is 4.98 Å². The minimum absolute atomic E-state index is 0.318. The second-order valence-corrected chi connectivity index (χ2v) is 9.29. The minimum Gasteiger partial charge on any atom is -0.462 e. The molecule has 3 N–H and O–H groups in total. The molecule has 2 rings (SSSR count). The molecule has 154 valence electrons. The van der Waals surface area contributed by atoms with Crippen molar-refractivity contribution in [3.63, 3.8) is 0 Å². The SMILES string of the molecule is CC(C)(C)OC=O.CN1CC(CCCNc2cccc(SN)n2)CC1(C)C. The van der Waals surface area contributed by atoms with Crippen molar-refractivity contribution in [3.05, 3.63) is 18.2 Å². The van der Waals surface area contributed by atoms with Crippen LogP contribution in [0.15, 0.2) is 23.2 Å². The molecule has 0 bridgehead atoms. The number of nitrogens with two attached hydrogens (primary N) is 1. The minimum atomic E-state index is -0.318. The first kappa shape index (κ1) is 23.7. The Morgan fingerprint density at radius 3 is 2.63 bits per heavy atom. The number of carbonyl (C=O) groups excluding carboxylic acids is 1. The summed E-state index contributed by atoms with van der Waals surface area (Å²) < 4.78 is 4.55. The molecule has 1 aromatic rings. The lowest BCUT2D eigenvalue weighted by Crippen LogP contribution is -2.34. The van der Waals surface area contributed by atoms with Crippen molar-refractivity contribution in [2.24, 2.45) is 11.1 Å². The number of anilines is 1. The zero-order valence-corrected chi connectivity index (χ0v) is 18.4. The molecule has 0 radical (unpaired) electrons. The molecule has 2 heterocycles. The summed E-state index contributed by atoms with van der Waals surface area (Å²) in [6.45, 7) is 12.8. The third-order valence-corrected chi connectivity index (χ3v) is 5.16. The van der Waals surface area contributed by atoms with Crippen LogP contribution in [0, 0.1) is 5.92 Å². The van der Waals surface area contributed by atoms with Crippen LogP contribution < -0.4 is 10.5 Å². The number of likely N-dealkylation sites (tertiary alicyclic amines) is 1. The molecule has 1 atom stereocenters. The quantitative estimate of drug-likeness (QED) is 0.410. The van der Waals surface area contributed by atoms with Crippen molar-refractivity contribution in [2.45, 2.75) is 70.0 Å². The molecular weight excluding hydrogens is 360 g/mol. The fraction of sp³-hybridized carbons (Fsp3) is 0.700. The molecule has 1 aliphatic heterocycles. The van der Waals surface area contributed by atoms with E-state index in [9.17, 15) is 4.79 Å². The van der Waals surface area contributed by atoms with Crippen LogP contribution in [0.5, 0.6) is 0 Å². The van der Waals surface area contributed by atoms with E-state index in [-0.39, 0.29) is 5.60 Å². The van der Waals surface area contributed by atoms with E-state index in [2.05, 4.69) is 40.8 Å². The standard InChI is InChI=1S/C15H26N4S.C5H10O2/c1-15(2)10-12(11-19(15)3)6-5-9-17-13-7-4-8-14(18-13)20-16;1-5(2,3)7-4-6/h4,7-8,12H,5-6,9-11,16H2,1-3H3,(H,17,18);4H,1-3H3. The van der Waals surface area contributed by atoms with E-state index < -0.39 is 0 Å². The van der Waals surface area contributed by atoms with Crippen molar-refractivity contribution in [1.29, 1.82) is 0 Å². The predicted octanol–water partition coefficient (Wildman–Crippen LogP) is 3.93. The van der Waals surface area contributed by atoms with Gasteiger partial charge in [0, 0.05) is 18.6 Å². The molecule has 7 heteroatoms. The third kappa shape index (κ3) is 9.44. The van der Waals surface area contributed by atoms with Gasteiger partial charge in [0.2, 0.25) is 0 Å². The maximum absolute atomic E-state index is 9.60. The Bertz CT molecular complexity index is 575. The van der Waals surface area contributed by atoms with E-state index in [1.807, 2.05) is 39.0 Å². The van der Waals surface area contributed by atoms with Crippen molar-refractivity contribution < 1.29 is 9.53 Å². The number of ether oxygens (including phenoxy) is 1. The lowest BCUT2D eigenvalue weighted by Gasteiger charge is -2.26. The lowest BCUT2D eigenvalue weighted by molar-refractivity contribution is -0.138. The molecule has 6 nitrogen and oxygen atoms in total. The van der Waals surface area contributed by atoms with Gasteiger partial charge in [0.05, 0.1) is 0 Å². The van der Waals surface area contributed by atoms with Crippen LogP contribution in [0.25, 0.3) is 0 Å².